The summed E-state index contributed by atoms with van der Waals surface area (Å²) in [6.45, 7) is 6.08. The van der Waals surface area contributed by atoms with E-state index in [9.17, 15) is 5.11 Å². The topological polar surface area (TPSA) is 20.2 Å². The van der Waals surface area contributed by atoms with Crippen LogP contribution < -0.4 is 0 Å². The van der Waals surface area contributed by atoms with Gasteiger partial charge in [0.15, 0.2) is 0 Å². The molecule has 1 aromatic carbocycles. The molecule has 1 aliphatic carbocycles. The summed E-state index contributed by atoms with van der Waals surface area (Å²) in [6, 6.07) is 10.5. The van der Waals surface area contributed by atoms with Gasteiger partial charge >= 0.3 is 0 Å². The van der Waals surface area contributed by atoms with Crippen molar-refractivity contribution in [1.82, 2.24) is 0 Å². The molecule has 1 nitrogen and oxygen atoms in total. The first-order valence-corrected chi connectivity index (χ1v) is 7.36. The van der Waals surface area contributed by atoms with Gasteiger partial charge in [-0.3, -0.25) is 0 Å². The zero-order chi connectivity index (χ0) is 13.2. The molecule has 2 heteroatoms. The molecule has 0 radical (unpaired) electrons. The van der Waals surface area contributed by atoms with E-state index >= 15 is 0 Å². The van der Waals surface area contributed by atoms with E-state index in [1.807, 2.05) is 31.7 Å². The molecule has 0 saturated heterocycles. The number of hydrogen-bond donors (Lipinski definition) is 1. The molecule has 0 bridgehead atoms. The lowest BCUT2D eigenvalue weighted by Crippen LogP contribution is -2.34. The second-order valence-electron chi connectivity index (χ2n) is 5.89. The molecular weight excluding hydrogens is 240 g/mol. The highest BCUT2D eigenvalue weighted by Crippen LogP contribution is 2.43. The second kappa shape index (κ2) is 5.10. The molecule has 0 unspecified atom stereocenters. The summed E-state index contributed by atoms with van der Waals surface area (Å²) in [7, 11) is 0. The first-order valence-electron chi connectivity index (χ1n) is 6.55. The average molecular weight is 262 g/mol. The summed E-state index contributed by atoms with van der Waals surface area (Å²) < 4.78 is 0.156. The van der Waals surface area contributed by atoms with Gasteiger partial charge in [-0.15, -0.1) is 11.8 Å². The van der Waals surface area contributed by atoms with Gasteiger partial charge in [0.05, 0.1) is 5.60 Å². The summed E-state index contributed by atoms with van der Waals surface area (Å²) in [4.78, 5) is 1.31. The molecule has 0 fully saturated rings. The summed E-state index contributed by atoms with van der Waals surface area (Å²) in [5.41, 5.74) is -0.602. The number of aliphatic hydroxyl groups is 1. The average Bonchev–Trinajstić information content (AvgIpc) is 2.29. The molecule has 98 valence electrons. The Labute approximate surface area is 114 Å². The van der Waals surface area contributed by atoms with Gasteiger partial charge in [0.2, 0.25) is 0 Å². The summed E-state index contributed by atoms with van der Waals surface area (Å²) in [6.07, 6.45) is 6.63. The van der Waals surface area contributed by atoms with E-state index in [4.69, 9.17) is 0 Å². The second-order valence-corrected chi connectivity index (χ2v) is 7.49. The minimum Gasteiger partial charge on any atom is -0.390 e. The van der Waals surface area contributed by atoms with Crippen molar-refractivity contribution in [2.45, 2.75) is 48.9 Å². The van der Waals surface area contributed by atoms with Gasteiger partial charge in [-0.25, -0.2) is 0 Å². The van der Waals surface area contributed by atoms with Crippen molar-refractivity contribution in [2.24, 2.45) is 5.92 Å². The van der Waals surface area contributed by atoms with E-state index in [1.165, 1.54) is 4.90 Å². The van der Waals surface area contributed by atoms with Crippen molar-refractivity contribution in [3.8, 4) is 0 Å². The lowest BCUT2D eigenvalue weighted by molar-refractivity contribution is 0.0303. The summed E-state index contributed by atoms with van der Waals surface area (Å²) in [5, 5.41) is 10.0. The van der Waals surface area contributed by atoms with Crippen molar-refractivity contribution < 1.29 is 5.11 Å². The van der Waals surface area contributed by atoms with Crippen molar-refractivity contribution in [3.05, 3.63) is 42.5 Å². The predicted molar refractivity (Wildman–Crippen MR) is 78.9 cm³/mol. The fourth-order valence-electron chi connectivity index (χ4n) is 2.37. The van der Waals surface area contributed by atoms with E-state index in [-0.39, 0.29) is 10.7 Å². The largest absolute Gasteiger partial charge is 0.390 e. The number of hydrogen-bond acceptors (Lipinski definition) is 2. The molecular formula is C16H22OS. The van der Waals surface area contributed by atoms with Crippen LogP contribution >= 0.6 is 11.8 Å². The van der Waals surface area contributed by atoms with Crippen LogP contribution in [0.25, 0.3) is 0 Å². The van der Waals surface area contributed by atoms with Gasteiger partial charge in [-0.05, 0) is 45.7 Å². The van der Waals surface area contributed by atoms with Crippen molar-refractivity contribution in [3.63, 3.8) is 0 Å². The summed E-state index contributed by atoms with van der Waals surface area (Å²) in [5.74, 6) is 0.280. The smallest absolute Gasteiger partial charge is 0.0654 e. The minimum atomic E-state index is -0.602. The number of thioether (sulfide) groups is 1. The first-order chi connectivity index (χ1) is 8.39. The lowest BCUT2D eigenvalue weighted by atomic mass is 9.80. The van der Waals surface area contributed by atoms with Crippen LogP contribution in [0.4, 0.5) is 0 Å². The van der Waals surface area contributed by atoms with Crippen LogP contribution in [0.3, 0.4) is 0 Å². The van der Waals surface area contributed by atoms with Gasteiger partial charge in [0.1, 0.15) is 0 Å². The number of rotatable bonds is 3. The Balaban J connectivity index is 2.07. The molecule has 0 aromatic heterocycles. The molecule has 0 saturated carbocycles. The van der Waals surface area contributed by atoms with Crippen LogP contribution in [0.15, 0.2) is 47.4 Å². The number of benzene rings is 1. The van der Waals surface area contributed by atoms with Crippen LogP contribution in [-0.4, -0.2) is 15.5 Å². The molecule has 0 amide bonds. The van der Waals surface area contributed by atoms with Crippen LogP contribution in [0.2, 0.25) is 0 Å². The van der Waals surface area contributed by atoms with Crippen molar-refractivity contribution >= 4 is 11.8 Å². The van der Waals surface area contributed by atoms with E-state index in [0.717, 1.165) is 12.8 Å². The normalized spacial score (nSPS) is 28.3. The fraction of sp³-hybridized carbons (Fsp3) is 0.500. The molecule has 0 spiro atoms. The van der Waals surface area contributed by atoms with Crippen molar-refractivity contribution in [1.29, 1.82) is 0 Å². The third kappa shape index (κ3) is 3.39. The highest BCUT2D eigenvalue weighted by Gasteiger charge is 2.33. The van der Waals surface area contributed by atoms with Crippen LogP contribution in [0.5, 0.6) is 0 Å². The van der Waals surface area contributed by atoms with Gasteiger partial charge < -0.3 is 5.11 Å². The Morgan fingerprint density at radius 3 is 2.44 bits per heavy atom. The molecule has 18 heavy (non-hydrogen) atoms. The highest BCUT2D eigenvalue weighted by molar-refractivity contribution is 8.00. The van der Waals surface area contributed by atoms with Crippen LogP contribution in [0, 0.1) is 5.92 Å². The Morgan fingerprint density at radius 2 is 1.94 bits per heavy atom. The zero-order valence-corrected chi connectivity index (χ0v) is 12.2. The first kappa shape index (κ1) is 13.7. The monoisotopic (exact) mass is 262 g/mol. The third-order valence-electron chi connectivity index (χ3n) is 3.63. The highest BCUT2D eigenvalue weighted by atomic mass is 32.2. The van der Waals surface area contributed by atoms with E-state index in [2.05, 4.69) is 43.3 Å². The maximum absolute atomic E-state index is 10.0. The van der Waals surface area contributed by atoms with Gasteiger partial charge in [0, 0.05) is 15.6 Å². The fourth-order valence-corrected chi connectivity index (χ4v) is 3.57. The predicted octanol–water partition coefficient (Wildman–Crippen LogP) is 4.27. The van der Waals surface area contributed by atoms with Crippen molar-refractivity contribution in [2.75, 3.05) is 0 Å². The molecule has 1 N–H and O–H groups in total. The third-order valence-corrected chi connectivity index (χ3v) is 4.95. The van der Waals surface area contributed by atoms with Gasteiger partial charge in [-0.2, -0.15) is 0 Å². The minimum absolute atomic E-state index is 0.156. The lowest BCUT2D eigenvalue weighted by Gasteiger charge is -2.36. The quantitative estimate of drug-likeness (QED) is 0.821. The Kier molecular flexibility index (Phi) is 3.88. The van der Waals surface area contributed by atoms with E-state index in [0.29, 0.717) is 0 Å². The van der Waals surface area contributed by atoms with Gasteiger partial charge in [0.25, 0.3) is 0 Å². The van der Waals surface area contributed by atoms with Gasteiger partial charge in [-0.1, -0.05) is 30.4 Å². The SMILES string of the molecule is CC(C)(O)[C@H]1C=C[C@](C)(Sc2ccccc2)CC1. The molecule has 0 heterocycles. The van der Waals surface area contributed by atoms with Crippen LogP contribution in [-0.2, 0) is 0 Å². The maximum atomic E-state index is 10.0. The Hall–Kier alpha value is -0.730. The standard InChI is InChI=1S/C16H22OS/c1-15(2,17)13-9-11-16(3,12-10-13)18-14-7-5-4-6-8-14/h4-9,11,13,17H,10,12H2,1-3H3/t13-,16-/m0/s1. The van der Waals surface area contributed by atoms with E-state index < -0.39 is 5.60 Å². The summed E-state index contributed by atoms with van der Waals surface area (Å²) >= 11 is 1.91. The molecule has 1 aliphatic rings. The molecule has 0 aliphatic heterocycles. The molecule has 2 rings (SSSR count). The van der Waals surface area contributed by atoms with E-state index in [1.54, 1.807) is 0 Å². The molecule has 2 atom stereocenters. The van der Waals surface area contributed by atoms with Crippen LogP contribution in [0.1, 0.15) is 33.6 Å². The molecule has 1 aromatic rings. The zero-order valence-electron chi connectivity index (χ0n) is 11.4. The Morgan fingerprint density at radius 1 is 1.28 bits per heavy atom. The maximum Gasteiger partial charge on any atom is 0.0654 e. The Bertz CT molecular complexity index is 418.